The molecule has 1 aliphatic heterocycles. The molecule has 0 spiro atoms. The summed E-state index contributed by atoms with van der Waals surface area (Å²) in [7, 11) is 0. The maximum atomic E-state index is 12.8. The summed E-state index contributed by atoms with van der Waals surface area (Å²) in [5, 5.41) is 11.3. The van der Waals surface area contributed by atoms with Gasteiger partial charge in [0.2, 0.25) is 5.91 Å². The molecule has 6 nitrogen and oxygen atoms in total. The van der Waals surface area contributed by atoms with Crippen molar-refractivity contribution in [2.24, 2.45) is 0 Å². The maximum absolute atomic E-state index is 12.8. The number of hydrogen-bond acceptors (Lipinski definition) is 4. The molecular formula is C19H25N5O. The smallest absolute Gasteiger partial charge is 0.241 e. The molecule has 1 aliphatic carbocycles. The molecule has 1 aromatic carbocycles. The highest BCUT2D eigenvalue weighted by molar-refractivity contribution is 5.83. The zero-order chi connectivity index (χ0) is 17.2. The predicted octanol–water partition coefficient (Wildman–Crippen LogP) is 1.76. The predicted molar refractivity (Wildman–Crippen MR) is 95.0 cm³/mol. The van der Waals surface area contributed by atoms with Crippen molar-refractivity contribution in [2.75, 3.05) is 0 Å². The van der Waals surface area contributed by atoms with Crippen LogP contribution in [0.2, 0.25) is 0 Å². The first kappa shape index (κ1) is 16.3. The zero-order valence-corrected chi connectivity index (χ0v) is 14.6. The summed E-state index contributed by atoms with van der Waals surface area (Å²) in [6.45, 7) is 2.84. The quantitative estimate of drug-likeness (QED) is 0.841. The van der Waals surface area contributed by atoms with Gasteiger partial charge in [0, 0.05) is 24.9 Å². The summed E-state index contributed by atoms with van der Waals surface area (Å²) in [5.41, 5.74) is 1.01. The van der Waals surface area contributed by atoms with Gasteiger partial charge in [-0.2, -0.15) is 5.10 Å². The number of amides is 1. The van der Waals surface area contributed by atoms with Crippen molar-refractivity contribution in [1.82, 2.24) is 25.4 Å². The molecule has 2 heterocycles. The summed E-state index contributed by atoms with van der Waals surface area (Å²) in [6, 6.07) is 10.2. The minimum atomic E-state index is -0.317. The second kappa shape index (κ2) is 6.96. The third kappa shape index (κ3) is 3.74. The number of carbonyl (C=O) groups excluding carboxylic acids is 1. The first-order valence-corrected chi connectivity index (χ1v) is 9.27. The highest BCUT2D eigenvalue weighted by Gasteiger charge is 2.31. The van der Waals surface area contributed by atoms with E-state index in [0.29, 0.717) is 6.04 Å². The molecule has 4 rings (SSSR count). The second-order valence-electron chi connectivity index (χ2n) is 7.01. The van der Waals surface area contributed by atoms with Gasteiger partial charge in [-0.25, -0.2) is 9.67 Å². The van der Waals surface area contributed by atoms with Crippen molar-refractivity contribution in [1.29, 1.82) is 0 Å². The molecule has 0 radical (unpaired) electrons. The van der Waals surface area contributed by atoms with Crippen LogP contribution in [0.25, 0.3) is 0 Å². The van der Waals surface area contributed by atoms with Gasteiger partial charge in [-0.05, 0) is 24.8 Å². The summed E-state index contributed by atoms with van der Waals surface area (Å²) in [4.78, 5) is 17.3. The molecule has 0 unspecified atom stereocenters. The van der Waals surface area contributed by atoms with Crippen LogP contribution in [-0.4, -0.2) is 32.8 Å². The lowest BCUT2D eigenvalue weighted by atomic mass is 10.0. The number of aromatic nitrogens is 3. The normalized spacial score (nSPS) is 20.8. The third-order valence-corrected chi connectivity index (χ3v) is 4.94. The van der Waals surface area contributed by atoms with Gasteiger partial charge in [0.25, 0.3) is 0 Å². The lowest BCUT2D eigenvalue weighted by Gasteiger charge is -2.28. The molecule has 0 bridgehead atoms. The average Bonchev–Trinajstić information content (AvgIpc) is 3.35. The van der Waals surface area contributed by atoms with Gasteiger partial charge >= 0.3 is 0 Å². The first-order chi connectivity index (χ1) is 12.2. The van der Waals surface area contributed by atoms with Crippen LogP contribution in [0.5, 0.6) is 0 Å². The number of aryl methyl sites for hydroxylation is 2. The fraction of sp³-hybridized carbons (Fsp3) is 0.526. The topological polar surface area (TPSA) is 71.8 Å². The van der Waals surface area contributed by atoms with Gasteiger partial charge in [-0.15, -0.1) is 0 Å². The van der Waals surface area contributed by atoms with Crippen LogP contribution in [0.15, 0.2) is 30.3 Å². The maximum Gasteiger partial charge on any atom is 0.241 e. The Labute approximate surface area is 148 Å². The van der Waals surface area contributed by atoms with Crippen molar-refractivity contribution in [3.63, 3.8) is 0 Å². The minimum Gasteiger partial charge on any atom is -0.352 e. The van der Waals surface area contributed by atoms with E-state index >= 15 is 0 Å². The Hall–Kier alpha value is -2.21. The molecule has 1 aromatic heterocycles. The van der Waals surface area contributed by atoms with E-state index in [9.17, 15) is 4.79 Å². The molecule has 1 fully saturated rings. The SMILES string of the molecule is CCc1nc2n(n1)C[C@H](N[C@H](C(=O)NC1CC1)c1ccccc1)CC2. The van der Waals surface area contributed by atoms with E-state index in [1.807, 2.05) is 35.0 Å². The number of benzene rings is 1. The number of hydrogen-bond donors (Lipinski definition) is 2. The lowest BCUT2D eigenvalue weighted by Crippen LogP contribution is -2.46. The van der Waals surface area contributed by atoms with Gasteiger partial charge in [-0.3, -0.25) is 10.1 Å². The largest absolute Gasteiger partial charge is 0.352 e. The summed E-state index contributed by atoms with van der Waals surface area (Å²) < 4.78 is 2.00. The van der Waals surface area contributed by atoms with Crippen molar-refractivity contribution in [2.45, 2.75) is 63.7 Å². The summed E-state index contributed by atoms with van der Waals surface area (Å²) >= 11 is 0. The highest BCUT2D eigenvalue weighted by Crippen LogP contribution is 2.23. The molecule has 2 atom stereocenters. The highest BCUT2D eigenvalue weighted by atomic mass is 16.2. The molecule has 25 heavy (non-hydrogen) atoms. The molecular weight excluding hydrogens is 314 g/mol. The number of rotatable bonds is 6. The van der Waals surface area contributed by atoms with Crippen molar-refractivity contribution < 1.29 is 4.79 Å². The lowest BCUT2D eigenvalue weighted by molar-refractivity contribution is -0.123. The van der Waals surface area contributed by atoms with E-state index in [0.717, 1.165) is 55.9 Å². The van der Waals surface area contributed by atoms with Crippen LogP contribution < -0.4 is 10.6 Å². The Morgan fingerprint density at radius 3 is 2.76 bits per heavy atom. The molecule has 0 saturated heterocycles. The molecule has 1 amide bonds. The van der Waals surface area contributed by atoms with Crippen molar-refractivity contribution >= 4 is 5.91 Å². The summed E-state index contributed by atoms with van der Waals surface area (Å²) in [5.74, 6) is 2.04. The summed E-state index contributed by atoms with van der Waals surface area (Å²) in [6.07, 6.45) is 4.92. The Kier molecular flexibility index (Phi) is 4.53. The van der Waals surface area contributed by atoms with E-state index in [1.54, 1.807) is 0 Å². The van der Waals surface area contributed by atoms with Crippen LogP contribution in [-0.2, 0) is 24.2 Å². The van der Waals surface area contributed by atoms with Gasteiger partial charge < -0.3 is 5.32 Å². The van der Waals surface area contributed by atoms with Crippen molar-refractivity contribution in [3.8, 4) is 0 Å². The van der Waals surface area contributed by atoms with E-state index in [4.69, 9.17) is 0 Å². The van der Waals surface area contributed by atoms with E-state index < -0.39 is 0 Å². The monoisotopic (exact) mass is 339 g/mol. The Morgan fingerprint density at radius 2 is 2.04 bits per heavy atom. The number of nitrogens with zero attached hydrogens (tertiary/aromatic N) is 3. The third-order valence-electron chi connectivity index (χ3n) is 4.94. The number of nitrogens with one attached hydrogen (secondary N) is 2. The molecule has 132 valence electrons. The van der Waals surface area contributed by atoms with Gasteiger partial charge in [-0.1, -0.05) is 37.3 Å². The molecule has 2 aromatic rings. The van der Waals surface area contributed by atoms with Gasteiger partial charge in [0.1, 0.15) is 11.9 Å². The molecule has 6 heteroatoms. The van der Waals surface area contributed by atoms with Crippen LogP contribution in [0.3, 0.4) is 0 Å². The van der Waals surface area contributed by atoms with E-state index in [1.165, 1.54) is 0 Å². The van der Waals surface area contributed by atoms with Crippen LogP contribution >= 0.6 is 0 Å². The molecule has 1 saturated carbocycles. The zero-order valence-electron chi connectivity index (χ0n) is 14.6. The number of fused-ring (bicyclic) bond motifs is 1. The van der Waals surface area contributed by atoms with E-state index in [-0.39, 0.29) is 18.0 Å². The van der Waals surface area contributed by atoms with Crippen LogP contribution in [0.1, 0.15) is 49.4 Å². The average molecular weight is 339 g/mol. The fourth-order valence-corrected chi connectivity index (χ4v) is 3.36. The van der Waals surface area contributed by atoms with Gasteiger partial charge in [0.15, 0.2) is 5.82 Å². The Bertz CT molecular complexity index is 738. The molecule has 2 N–H and O–H groups in total. The fourth-order valence-electron chi connectivity index (χ4n) is 3.36. The van der Waals surface area contributed by atoms with Crippen LogP contribution in [0, 0.1) is 0 Å². The first-order valence-electron chi connectivity index (χ1n) is 9.27. The number of carbonyl (C=O) groups is 1. The Morgan fingerprint density at radius 1 is 1.24 bits per heavy atom. The van der Waals surface area contributed by atoms with Gasteiger partial charge in [0.05, 0.1) is 6.54 Å². The van der Waals surface area contributed by atoms with Crippen molar-refractivity contribution in [3.05, 3.63) is 47.5 Å². The Balaban J connectivity index is 1.49. The second-order valence-corrected chi connectivity index (χ2v) is 7.01. The standard InChI is InChI=1S/C19H25N5O/c1-2-16-22-17-11-10-15(12-24(17)23-16)20-18(13-6-4-3-5-7-13)19(25)21-14-8-9-14/h3-7,14-15,18,20H,2,8-12H2,1H3,(H,21,25)/t15-,18+/m1/s1. The van der Waals surface area contributed by atoms with E-state index in [2.05, 4.69) is 27.6 Å². The minimum absolute atomic E-state index is 0.0762. The van der Waals surface area contributed by atoms with Crippen LogP contribution in [0.4, 0.5) is 0 Å². The molecule has 2 aliphatic rings.